The Kier molecular flexibility index (Phi) is 4.84. The second-order valence-corrected chi connectivity index (χ2v) is 6.19. The first kappa shape index (κ1) is 17.8. The van der Waals surface area contributed by atoms with Gasteiger partial charge in [0, 0.05) is 22.6 Å². The van der Waals surface area contributed by atoms with Crippen molar-refractivity contribution >= 4 is 22.8 Å². The predicted octanol–water partition coefficient (Wildman–Crippen LogP) is 4.52. The summed E-state index contributed by atoms with van der Waals surface area (Å²) in [7, 11) is 0. The molecule has 0 unspecified atom stereocenters. The molecule has 0 atom stereocenters. The van der Waals surface area contributed by atoms with Gasteiger partial charge >= 0.3 is 11.9 Å². The Morgan fingerprint density at radius 1 is 1.19 bits per heavy atom. The molecule has 26 heavy (non-hydrogen) atoms. The van der Waals surface area contributed by atoms with Crippen molar-refractivity contribution in [1.82, 2.24) is 4.57 Å². The van der Waals surface area contributed by atoms with E-state index < -0.39 is 5.97 Å². The van der Waals surface area contributed by atoms with E-state index in [9.17, 15) is 9.59 Å². The van der Waals surface area contributed by atoms with Crippen LogP contribution in [0.1, 0.15) is 53.4 Å². The molecule has 0 fully saturated rings. The normalized spacial score (nSPS) is 11.1. The molecule has 1 aromatic carbocycles. The van der Waals surface area contributed by atoms with Crippen molar-refractivity contribution in [2.24, 2.45) is 0 Å². The van der Waals surface area contributed by atoms with Gasteiger partial charge in [0.2, 0.25) is 5.76 Å². The van der Waals surface area contributed by atoms with Crippen molar-refractivity contribution in [3.63, 3.8) is 0 Å². The average molecular weight is 355 g/mol. The number of nitrogens with zero attached hydrogens (tertiary/aromatic N) is 1. The Labute approximate surface area is 151 Å². The summed E-state index contributed by atoms with van der Waals surface area (Å²) in [6, 6.07) is 8.55. The van der Waals surface area contributed by atoms with Gasteiger partial charge in [-0.15, -0.1) is 0 Å². The molecule has 0 aliphatic carbocycles. The van der Waals surface area contributed by atoms with E-state index in [1.54, 1.807) is 25.1 Å². The Hall–Kier alpha value is -3.02. The number of rotatable bonds is 5. The number of fused-ring (bicyclic) bond motifs is 1. The van der Waals surface area contributed by atoms with Gasteiger partial charge in [0.1, 0.15) is 5.75 Å². The highest BCUT2D eigenvalue weighted by atomic mass is 16.5. The standard InChI is InChI=1S/C20H21NO5/c1-5-24-20(23)18-13(4)21(12(2)3)16-9-8-14(11-15(16)18)26-19(22)17-7-6-10-25-17/h6-12H,5H2,1-4H3. The Morgan fingerprint density at radius 3 is 2.58 bits per heavy atom. The highest BCUT2D eigenvalue weighted by Crippen LogP contribution is 2.32. The number of carbonyl (C=O) groups is 2. The van der Waals surface area contributed by atoms with Crippen LogP contribution in [-0.4, -0.2) is 23.1 Å². The van der Waals surface area contributed by atoms with E-state index in [1.165, 1.54) is 12.3 Å². The van der Waals surface area contributed by atoms with E-state index in [4.69, 9.17) is 13.9 Å². The van der Waals surface area contributed by atoms with Crippen LogP contribution in [0.4, 0.5) is 0 Å². The van der Waals surface area contributed by atoms with Crippen molar-refractivity contribution in [3.8, 4) is 5.75 Å². The molecule has 6 nitrogen and oxygen atoms in total. The quantitative estimate of drug-likeness (QED) is 0.497. The zero-order valence-corrected chi connectivity index (χ0v) is 15.2. The van der Waals surface area contributed by atoms with Gasteiger partial charge in [0.25, 0.3) is 0 Å². The van der Waals surface area contributed by atoms with Gasteiger partial charge < -0.3 is 18.5 Å². The molecular weight excluding hydrogens is 334 g/mol. The molecule has 2 heterocycles. The zero-order chi connectivity index (χ0) is 18.8. The van der Waals surface area contributed by atoms with Crippen LogP contribution >= 0.6 is 0 Å². The molecular formula is C20H21NO5. The highest BCUT2D eigenvalue weighted by molar-refractivity contribution is 6.06. The SMILES string of the molecule is CCOC(=O)c1c(C)n(C(C)C)c2ccc(OC(=O)c3ccco3)cc12. The van der Waals surface area contributed by atoms with Gasteiger partial charge in [0.15, 0.2) is 0 Å². The topological polar surface area (TPSA) is 70.7 Å². The summed E-state index contributed by atoms with van der Waals surface area (Å²) >= 11 is 0. The van der Waals surface area contributed by atoms with Crippen LogP contribution in [0.3, 0.4) is 0 Å². The molecule has 0 bridgehead atoms. The summed E-state index contributed by atoms with van der Waals surface area (Å²) in [4.78, 5) is 24.6. The zero-order valence-electron chi connectivity index (χ0n) is 15.2. The Balaban J connectivity index is 2.08. The Morgan fingerprint density at radius 2 is 1.96 bits per heavy atom. The first-order chi connectivity index (χ1) is 12.4. The molecule has 0 saturated heterocycles. The molecule has 0 saturated carbocycles. The van der Waals surface area contributed by atoms with Crippen LogP contribution in [-0.2, 0) is 4.74 Å². The summed E-state index contributed by atoms with van der Waals surface area (Å²) in [5, 5.41) is 0.694. The summed E-state index contributed by atoms with van der Waals surface area (Å²) < 4.78 is 17.7. The summed E-state index contributed by atoms with van der Waals surface area (Å²) in [5.41, 5.74) is 2.20. The third-order valence-corrected chi connectivity index (χ3v) is 4.15. The first-order valence-electron chi connectivity index (χ1n) is 8.51. The second kappa shape index (κ2) is 7.07. The van der Waals surface area contributed by atoms with E-state index in [-0.39, 0.29) is 17.8 Å². The van der Waals surface area contributed by atoms with Gasteiger partial charge in [-0.25, -0.2) is 9.59 Å². The molecule has 3 rings (SSSR count). The van der Waals surface area contributed by atoms with Gasteiger partial charge in [0.05, 0.1) is 18.4 Å². The van der Waals surface area contributed by atoms with Gasteiger partial charge in [-0.05, 0) is 58.0 Å². The number of aromatic nitrogens is 1. The monoisotopic (exact) mass is 355 g/mol. The highest BCUT2D eigenvalue weighted by Gasteiger charge is 2.23. The lowest BCUT2D eigenvalue weighted by Crippen LogP contribution is -2.08. The van der Waals surface area contributed by atoms with Gasteiger partial charge in [-0.1, -0.05) is 0 Å². The largest absolute Gasteiger partial charge is 0.462 e. The maximum absolute atomic E-state index is 12.5. The summed E-state index contributed by atoms with van der Waals surface area (Å²) in [6.45, 7) is 8.05. The molecule has 3 aromatic rings. The van der Waals surface area contributed by atoms with E-state index in [0.29, 0.717) is 23.3 Å². The molecule has 0 spiro atoms. The number of furan rings is 1. The van der Waals surface area contributed by atoms with Crippen LogP contribution in [0.25, 0.3) is 10.9 Å². The molecule has 136 valence electrons. The smallest absolute Gasteiger partial charge is 0.379 e. The second-order valence-electron chi connectivity index (χ2n) is 6.19. The fourth-order valence-corrected chi connectivity index (χ4v) is 3.16. The van der Waals surface area contributed by atoms with Crippen LogP contribution in [0.2, 0.25) is 0 Å². The predicted molar refractivity (Wildman–Crippen MR) is 96.7 cm³/mol. The number of esters is 2. The molecule has 0 aliphatic rings. The van der Waals surface area contributed by atoms with Crippen LogP contribution in [0.15, 0.2) is 41.0 Å². The maximum Gasteiger partial charge on any atom is 0.379 e. The molecule has 6 heteroatoms. The fraction of sp³-hybridized carbons (Fsp3) is 0.300. The van der Waals surface area contributed by atoms with Crippen molar-refractivity contribution in [1.29, 1.82) is 0 Å². The van der Waals surface area contributed by atoms with Crippen molar-refractivity contribution in [3.05, 3.63) is 53.6 Å². The van der Waals surface area contributed by atoms with Crippen molar-refractivity contribution in [2.45, 2.75) is 33.7 Å². The molecule has 0 radical (unpaired) electrons. The molecule has 0 aliphatic heterocycles. The number of hydrogen-bond acceptors (Lipinski definition) is 5. The third-order valence-electron chi connectivity index (χ3n) is 4.15. The van der Waals surface area contributed by atoms with E-state index in [2.05, 4.69) is 4.57 Å². The molecule has 2 aromatic heterocycles. The minimum absolute atomic E-state index is 0.117. The lowest BCUT2D eigenvalue weighted by Gasteiger charge is -2.12. The van der Waals surface area contributed by atoms with E-state index in [1.807, 2.05) is 26.8 Å². The average Bonchev–Trinajstić information content (AvgIpc) is 3.20. The van der Waals surface area contributed by atoms with E-state index >= 15 is 0 Å². The van der Waals surface area contributed by atoms with Gasteiger partial charge in [-0.3, -0.25) is 0 Å². The Bertz CT molecular complexity index is 950. The minimum Gasteiger partial charge on any atom is -0.462 e. The third kappa shape index (κ3) is 3.10. The number of benzene rings is 1. The van der Waals surface area contributed by atoms with Crippen LogP contribution in [0, 0.1) is 6.92 Å². The van der Waals surface area contributed by atoms with Gasteiger partial charge in [-0.2, -0.15) is 0 Å². The van der Waals surface area contributed by atoms with E-state index in [0.717, 1.165) is 11.2 Å². The number of hydrogen-bond donors (Lipinski definition) is 0. The lowest BCUT2D eigenvalue weighted by molar-refractivity contribution is 0.0527. The van der Waals surface area contributed by atoms with Crippen LogP contribution < -0.4 is 4.74 Å². The number of carbonyl (C=O) groups excluding carboxylic acids is 2. The first-order valence-corrected chi connectivity index (χ1v) is 8.51. The lowest BCUT2D eigenvalue weighted by atomic mass is 10.1. The van der Waals surface area contributed by atoms with Crippen LogP contribution in [0.5, 0.6) is 5.75 Å². The molecule has 0 amide bonds. The van der Waals surface area contributed by atoms with Crippen molar-refractivity contribution < 1.29 is 23.5 Å². The summed E-state index contributed by atoms with van der Waals surface area (Å²) in [6.07, 6.45) is 1.41. The summed E-state index contributed by atoms with van der Waals surface area (Å²) in [5.74, 6) is -0.520. The number of ether oxygens (including phenoxy) is 2. The fourth-order valence-electron chi connectivity index (χ4n) is 3.16. The molecule has 0 N–H and O–H groups in total. The minimum atomic E-state index is -0.591. The maximum atomic E-state index is 12.5. The van der Waals surface area contributed by atoms with Crippen molar-refractivity contribution in [2.75, 3.05) is 6.61 Å².